The lowest BCUT2D eigenvalue weighted by atomic mass is 10.0. The van der Waals surface area contributed by atoms with Crippen LogP contribution in [0.5, 0.6) is 0 Å². The van der Waals surface area contributed by atoms with Gasteiger partial charge in [-0.2, -0.15) is 5.10 Å². The molecule has 4 aromatic rings. The highest BCUT2D eigenvalue weighted by molar-refractivity contribution is 5.90. The van der Waals surface area contributed by atoms with E-state index >= 15 is 0 Å². The maximum absolute atomic E-state index is 13.3. The molecule has 4 rings (SSSR count). The standard InChI is InChI=1S/C20H18FN5/c1-2-11-22-20-23-12-10-16(24-20)18-17-5-3-4-13-26(17)25-19(18)14-6-8-15(21)9-7-14/h3-10,12-13H,2,11H2,1H3,(H,22,23,24). The minimum absolute atomic E-state index is 0.271. The van der Waals surface area contributed by atoms with Crippen molar-refractivity contribution >= 4 is 11.5 Å². The fourth-order valence-corrected chi connectivity index (χ4v) is 2.88. The third-order valence-corrected chi connectivity index (χ3v) is 4.10. The van der Waals surface area contributed by atoms with E-state index < -0.39 is 0 Å². The number of benzene rings is 1. The summed E-state index contributed by atoms with van der Waals surface area (Å²) in [5.41, 5.74) is 4.22. The molecule has 0 fully saturated rings. The molecule has 0 unspecified atom stereocenters. The van der Waals surface area contributed by atoms with Crippen LogP contribution < -0.4 is 5.32 Å². The molecule has 5 nitrogen and oxygen atoms in total. The third-order valence-electron chi connectivity index (χ3n) is 4.10. The van der Waals surface area contributed by atoms with Crippen LogP contribution in [0.15, 0.2) is 60.9 Å². The van der Waals surface area contributed by atoms with Crippen LogP contribution in [-0.4, -0.2) is 26.1 Å². The molecule has 0 aliphatic heterocycles. The quantitative estimate of drug-likeness (QED) is 0.581. The van der Waals surface area contributed by atoms with Gasteiger partial charge in [0.1, 0.15) is 11.5 Å². The highest BCUT2D eigenvalue weighted by Crippen LogP contribution is 2.34. The molecule has 0 spiro atoms. The molecule has 0 aliphatic carbocycles. The van der Waals surface area contributed by atoms with Crippen molar-refractivity contribution in [3.8, 4) is 22.5 Å². The maximum Gasteiger partial charge on any atom is 0.223 e. The van der Waals surface area contributed by atoms with Crippen LogP contribution >= 0.6 is 0 Å². The first-order chi connectivity index (χ1) is 12.8. The summed E-state index contributed by atoms with van der Waals surface area (Å²) in [7, 11) is 0. The van der Waals surface area contributed by atoms with Gasteiger partial charge in [-0.05, 0) is 48.9 Å². The molecule has 3 heterocycles. The van der Waals surface area contributed by atoms with Crippen molar-refractivity contribution in [2.75, 3.05) is 11.9 Å². The number of nitrogens with one attached hydrogen (secondary N) is 1. The van der Waals surface area contributed by atoms with Crippen molar-refractivity contribution in [1.82, 2.24) is 19.6 Å². The topological polar surface area (TPSA) is 55.1 Å². The van der Waals surface area contributed by atoms with E-state index in [4.69, 9.17) is 5.10 Å². The Bertz CT molecular complexity index is 1040. The van der Waals surface area contributed by atoms with Crippen LogP contribution in [0.2, 0.25) is 0 Å². The molecule has 0 radical (unpaired) electrons. The van der Waals surface area contributed by atoms with E-state index in [1.165, 1.54) is 12.1 Å². The number of pyridine rings is 1. The first kappa shape index (κ1) is 16.2. The molecule has 0 amide bonds. The van der Waals surface area contributed by atoms with Crippen molar-refractivity contribution < 1.29 is 4.39 Å². The van der Waals surface area contributed by atoms with E-state index in [9.17, 15) is 4.39 Å². The molecule has 0 bridgehead atoms. The minimum atomic E-state index is -0.271. The largest absolute Gasteiger partial charge is 0.354 e. The van der Waals surface area contributed by atoms with E-state index in [-0.39, 0.29) is 5.82 Å². The zero-order chi connectivity index (χ0) is 17.9. The monoisotopic (exact) mass is 347 g/mol. The van der Waals surface area contributed by atoms with Crippen molar-refractivity contribution in [3.63, 3.8) is 0 Å². The number of hydrogen-bond donors (Lipinski definition) is 1. The Labute approximate surface area is 150 Å². The van der Waals surface area contributed by atoms with Crippen LogP contribution in [0.1, 0.15) is 13.3 Å². The van der Waals surface area contributed by atoms with Crippen LogP contribution in [0.4, 0.5) is 10.3 Å². The van der Waals surface area contributed by atoms with Crippen molar-refractivity contribution in [3.05, 3.63) is 66.7 Å². The zero-order valence-corrected chi connectivity index (χ0v) is 14.4. The van der Waals surface area contributed by atoms with Gasteiger partial charge in [-0.25, -0.2) is 18.9 Å². The summed E-state index contributed by atoms with van der Waals surface area (Å²) in [5.74, 6) is 0.317. The predicted molar refractivity (Wildman–Crippen MR) is 100 cm³/mol. The number of anilines is 1. The average molecular weight is 347 g/mol. The lowest BCUT2D eigenvalue weighted by molar-refractivity contribution is 0.628. The van der Waals surface area contributed by atoms with E-state index in [0.29, 0.717) is 5.95 Å². The Morgan fingerprint density at radius 1 is 1.08 bits per heavy atom. The van der Waals surface area contributed by atoms with Crippen LogP contribution in [-0.2, 0) is 0 Å². The first-order valence-electron chi connectivity index (χ1n) is 8.57. The molecule has 0 atom stereocenters. The van der Waals surface area contributed by atoms with Crippen molar-refractivity contribution in [1.29, 1.82) is 0 Å². The van der Waals surface area contributed by atoms with E-state index in [2.05, 4.69) is 22.2 Å². The first-order valence-corrected chi connectivity index (χ1v) is 8.57. The second-order valence-corrected chi connectivity index (χ2v) is 5.95. The Morgan fingerprint density at radius 2 is 1.92 bits per heavy atom. The SMILES string of the molecule is CCCNc1nccc(-c2c(-c3ccc(F)cc3)nn3ccccc23)n1. The average Bonchev–Trinajstić information content (AvgIpc) is 3.06. The number of aromatic nitrogens is 4. The smallest absolute Gasteiger partial charge is 0.223 e. The number of hydrogen-bond acceptors (Lipinski definition) is 4. The van der Waals surface area contributed by atoms with E-state index in [1.54, 1.807) is 18.3 Å². The summed E-state index contributed by atoms with van der Waals surface area (Å²) >= 11 is 0. The summed E-state index contributed by atoms with van der Waals surface area (Å²) in [4.78, 5) is 8.94. The number of fused-ring (bicyclic) bond motifs is 1. The van der Waals surface area contributed by atoms with Gasteiger partial charge in [0.05, 0.1) is 16.8 Å². The second kappa shape index (κ2) is 6.92. The molecular formula is C20H18FN5. The van der Waals surface area contributed by atoms with E-state index in [0.717, 1.165) is 41.0 Å². The Hall–Kier alpha value is -3.28. The third kappa shape index (κ3) is 3.01. The molecule has 0 saturated heterocycles. The fourth-order valence-electron chi connectivity index (χ4n) is 2.88. The van der Waals surface area contributed by atoms with Crippen LogP contribution in [0.25, 0.3) is 28.0 Å². The Morgan fingerprint density at radius 3 is 2.73 bits per heavy atom. The molecule has 0 saturated carbocycles. The molecule has 6 heteroatoms. The fraction of sp³-hybridized carbons (Fsp3) is 0.150. The highest BCUT2D eigenvalue weighted by atomic mass is 19.1. The van der Waals surface area contributed by atoms with Crippen LogP contribution in [0.3, 0.4) is 0 Å². The molecule has 3 aromatic heterocycles. The number of halogens is 1. The number of rotatable bonds is 5. The van der Waals surface area contributed by atoms with Crippen molar-refractivity contribution in [2.24, 2.45) is 0 Å². The summed E-state index contributed by atoms with van der Waals surface area (Å²) in [6.07, 6.45) is 4.62. The summed E-state index contributed by atoms with van der Waals surface area (Å²) in [5, 5.41) is 7.91. The summed E-state index contributed by atoms with van der Waals surface area (Å²) < 4.78 is 15.2. The molecule has 130 valence electrons. The molecule has 1 aromatic carbocycles. The Kier molecular flexibility index (Phi) is 4.31. The lowest BCUT2D eigenvalue weighted by Gasteiger charge is -2.06. The van der Waals surface area contributed by atoms with Gasteiger partial charge in [-0.1, -0.05) is 13.0 Å². The van der Waals surface area contributed by atoms with Gasteiger partial charge in [0.15, 0.2) is 0 Å². The predicted octanol–water partition coefficient (Wildman–Crippen LogP) is 4.42. The van der Waals surface area contributed by atoms with E-state index in [1.807, 2.05) is 35.0 Å². The second-order valence-electron chi connectivity index (χ2n) is 5.95. The van der Waals surface area contributed by atoms with Gasteiger partial charge in [-0.15, -0.1) is 0 Å². The van der Waals surface area contributed by atoms with Gasteiger partial charge >= 0.3 is 0 Å². The molecule has 26 heavy (non-hydrogen) atoms. The Balaban J connectivity index is 1.90. The highest BCUT2D eigenvalue weighted by Gasteiger charge is 2.17. The van der Waals surface area contributed by atoms with Gasteiger partial charge in [-0.3, -0.25) is 0 Å². The summed E-state index contributed by atoms with van der Waals surface area (Å²) in [6.45, 7) is 2.90. The maximum atomic E-state index is 13.3. The molecule has 0 aliphatic rings. The van der Waals surface area contributed by atoms with Gasteiger partial charge < -0.3 is 5.32 Å². The number of nitrogens with zero attached hydrogens (tertiary/aromatic N) is 4. The van der Waals surface area contributed by atoms with Crippen LogP contribution in [0, 0.1) is 5.82 Å². The van der Waals surface area contributed by atoms with Gasteiger partial charge in [0, 0.05) is 24.5 Å². The molecular weight excluding hydrogens is 329 g/mol. The zero-order valence-electron chi connectivity index (χ0n) is 14.4. The minimum Gasteiger partial charge on any atom is -0.354 e. The summed E-state index contributed by atoms with van der Waals surface area (Å²) in [6, 6.07) is 14.1. The van der Waals surface area contributed by atoms with Gasteiger partial charge in [0.2, 0.25) is 5.95 Å². The van der Waals surface area contributed by atoms with Crippen molar-refractivity contribution in [2.45, 2.75) is 13.3 Å². The normalized spacial score (nSPS) is 11.0. The van der Waals surface area contributed by atoms with Gasteiger partial charge in [0.25, 0.3) is 0 Å². The lowest BCUT2D eigenvalue weighted by Crippen LogP contribution is -2.04. The molecule has 1 N–H and O–H groups in total.